The molecule has 1 N–H and O–H groups in total. The van der Waals surface area contributed by atoms with Crippen molar-refractivity contribution < 1.29 is 4.79 Å². The van der Waals surface area contributed by atoms with E-state index in [4.69, 9.17) is 0 Å². The molecule has 5 rings (SSSR count). The van der Waals surface area contributed by atoms with Gasteiger partial charge in [0.1, 0.15) is 12.1 Å². The van der Waals surface area contributed by atoms with Crippen molar-refractivity contribution in [3.63, 3.8) is 0 Å². The lowest BCUT2D eigenvalue weighted by molar-refractivity contribution is -0.121. The van der Waals surface area contributed by atoms with Crippen molar-refractivity contribution in [2.45, 2.75) is 51.1 Å². The van der Waals surface area contributed by atoms with Gasteiger partial charge in [-0.05, 0) is 70.9 Å². The Kier molecular flexibility index (Phi) is 6.97. The molecule has 0 atom stereocenters. The highest BCUT2D eigenvalue weighted by atomic mass is 16.2. The zero-order valence-corrected chi connectivity index (χ0v) is 20.2. The number of hydrogen-bond acceptors (Lipinski definition) is 5. The second-order valence-corrected chi connectivity index (χ2v) is 9.81. The Balaban J connectivity index is 1.13. The first-order chi connectivity index (χ1) is 16.6. The van der Waals surface area contributed by atoms with E-state index in [2.05, 4.69) is 20.2 Å². The van der Waals surface area contributed by atoms with Crippen molar-refractivity contribution in [1.82, 2.24) is 29.5 Å². The van der Waals surface area contributed by atoms with Crippen LogP contribution in [-0.4, -0.2) is 75.4 Å². The summed E-state index contributed by atoms with van der Waals surface area (Å²) in [4.78, 5) is 30.8. The fourth-order valence-electron chi connectivity index (χ4n) is 5.73. The highest BCUT2D eigenvalue weighted by Gasteiger charge is 2.25. The van der Waals surface area contributed by atoms with E-state index in [0.29, 0.717) is 12.1 Å². The molecular formula is C26H36N6O2. The number of rotatable bonds is 7. The van der Waals surface area contributed by atoms with E-state index in [1.807, 2.05) is 28.8 Å². The summed E-state index contributed by atoms with van der Waals surface area (Å²) in [6.45, 7) is 6.69. The molecule has 2 fully saturated rings. The van der Waals surface area contributed by atoms with Crippen LogP contribution in [-0.2, 0) is 18.4 Å². The number of amides is 1. The largest absolute Gasteiger partial charge is 0.355 e. The van der Waals surface area contributed by atoms with E-state index in [-0.39, 0.29) is 18.0 Å². The molecule has 0 saturated carbocycles. The minimum absolute atomic E-state index is 0.0645. The van der Waals surface area contributed by atoms with Crippen molar-refractivity contribution >= 4 is 27.7 Å². The molecule has 0 spiro atoms. The van der Waals surface area contributed by atoms with E-state index in [0.717, 1.165) is 48.4 Å². The van der Waals surface area contributed by atoms with Crippen LogP contribution < -0.4 is 10.9 Å². The van der Waals surface area contributed by atoms with E-state index < -0.39 is 0 Å². The van der Waals surface area contributed by atoms with Crippen molar-refractivity contribution in [2.24, 2.45) is 7.05 Å². The van der Waals surface area contributed by atoms with Crippen molar-refractivity contribution in [3.05, 3.63) is 40.8 Å². The molecule has 0 radical (unpaired) electrons. The Hall–Kier alpha value is -2.71. The SMILES string of the molecule is Cn1ncc2c3ccccc3n(CC(=O)NCCCN3CCC(N4CCCCC4)CC3)c2c1=O. The summed E-state index contributed by atoms with van der Waals surface area (Å²) >= 11 is 0. The topological polar surface area (TPSA) is 75.4 Å². The number of piperidine rings is 2. The van der Waals surface area contributed by atoms with Crippen LogP contribution in [0.4, 0.5) is 0 Å². The molecule has 8 nitrogen and oxygen atoms in total. The average Bonchev–Trinajstić information content (AvgIpc) is 3.19. The summed E-state index contributed by atoms with van der Waals surface area (Å²) in [5.74, 6) is -0.0645. The molecule has 3 aromatic rings. The second kappa shape index (κ2) is 10.3. The number of fused-ring (bicyclic) bond motifs is 3. The first-order valence-electron chi connectivity index (χ1n) is 12.8. The Bertz CT molecular complexity index is 1200. The summed E-state index contributed by atoms with van der Waals surface area (Å²) in [5, 5.41) is 8.97. The molecule has 0 bridgehead atoms. The number of aromatic nitrogens is 3. The molecular weight excluding hydrogens is 428 g/mol. The van der Waals surface area contributed by atoms with Crippen molar-refractivity contribution in [1.29, 1.82) is 0 Å². The van der Waals surface area contributed by atoms with Gasteiger partial charge in [0.25, 0.3) is 5.56 Å². The third kappa shape index (κ3) is 4.74. The lowest BCUT2D eigenvalue weighted by Gasteiger charge is -2.40. The van der Waals surface area contributed by atoms with Crippen LogP contribution in [0.1, 0.15) is 38.5 Å². The summed E-state index contributed by atoms with van der Waals surface area (Å²) in [5.41, 5.74) is 1.23. The van der Waals surface area contributed by atoms with Crippen LogP contribution in [0.2, 0.25) is 0 Å². The number of nitrogens with one attached hydrogen (secondary N) is 1. The molecule has 2 aliphatic heterocycles. The molecule has 1 aromatic carbocycles. The van der Waals surface area contributed by atoms with Crippen LogP contribution >= 0.6 is 0 Å². The fraction of sp³-hybridized carbons (Fsp3) is 0.577. The van der Waals surface area contributed by atoms with Crippen LogP contribution in [0.25, 0.3) is 21.8 Å². The number of carbonyl (C=O) groups is 1. The second-order valence-electron chi connectivity index (χ2n) is 9.81. The average molecular weight is 465 g/mol. The molecule has 2 aromatic heterocycles. The van der Waals surface area contributed by atoms with Crippen molar-refractivity contribution in [3.8, 4) is 0 Å². The quantitative estimate of drug-likeness (QED) is 0.544. The number of aryl methyl sites for hydroxylation is 1. The Labute approximate surface area is 200 Å². The lowest BCUT2D eigenvalue weighted by Crippen LogP contribution is -2.47. The van der Waals surface area contributed by atoms with Gasteiger partial charge >= 0.3 is 0 Å². The number of carbonyl (C=O) groups excluding carboxylic acids is 1. The van der Waals surface area contributed by atoms with Crippen LogP contribution in [0.3, 0.4) is 0 Å². The summed E-state index contributed by atoms with van der Waals surface area (Å²) in [6.07, 6.45) is 9.31. The standard InChI is InChI=1S/C26H36N6O2/c1-29-26(34)25-22(18-28-29)21-8-3-4-9-23(21)32(25)19-24(33)27-12-7-13-30-16-10-20(11-17-30)31-14-5-2-6-15-31/h3-4,8-9,18,20H,2,5-7,10-17,19H2,1H3,(H,27,33). The van der Waals surface area contributed by atoms with Crippen molar-refractivity contribution in [2.75, 3.05) is 39.3 Å². The van der Waals surface area contributed by atoms with E-state index in [1.54, 1.807) is 13.2 Å². The maximum absolute atomic E-state index is 12.8. The maximum Gasteiger partial charge on any atom is 0.291 e. The molecule has 2 saturated heterocycles. The molecule has 4 heterocycles. The minimum Gasteiger partial charge on any atom is -0.355 e. The van der Waals surface area contributed by atoms with Gasteiger partial charge in [0.15, 0.2) is 0 Å². The summed E-state index contributed by atoms with van der Waals surface area (Å²) < 4.78 is 3.15. The van der Waals surface area contributed by atoms with Gasteiger partial charge in [0.2, 0.25) is 5.91 Å². The van der Waals surface area contributed by atoms with Gasteiger partial charge in [-0.3, -0.25) is 9.59 Å². The molecule has 2 aliphatic rings. The number of hydrogen-bond donors (Lipinski definition) is 1. The third-order valence-electron chi connectivity index (χ3n) is 7.61. The van der Waals surface area contributed by atoms with E-state index in [9.17, 15) is 9.59 Å². The predicted molar refractivity (Wildman–Crippen MR) is 135 cm³/mol. The maximum atomic E-state index is 12.8. The van der Waals surface area contributed by atoms with Gasteiger partial charge in [0.05, 0.1) is 6.20 Å². The van der Waals surface area contributed by atoms with Crippen LogP contribution in [0, 0.1) is 0 Å². The first kappa shape index (κ1) is 23.1. The highest BCUT2D eigenvalue weighted by molar-refractivity contribution is 6.07. The predicted octanol–water partition coefficient (Wildman–Crippen LogP) is 2.34. The molecule has 182 valence electrons. The van der Waals surface area contributed by atoms with Gasteiger partial charge in [0, 0.05) is 35.9 Å². The Morgan fingerprint density at radius 3 is 2.62 bits per heavy atom. The third-order valence-corrected chi connectivity index (χ3v) is 7.61. The summed E-state index contributed by atoms with van der Waals surface area (Å²) in [6, 6.07) is 8.57. The van der Waals surface area contributed by atoms with Gasteiger partial charge in [-0.25, -0.2) is 4.68 Å². The van der Waals surface area contributed by atoms with Gasteiger partial charge in [-0.2, -0.15) is 5.10 Å². The Morgan fingerprint density at radius 1 is 1.06 bits per heavy atom. The minimum atomic E-state index is -0.186. The lowest BCUT2D eigenvalue weighted by atomic mass is 10.00. The molecule has 0 aliphatic carbocycles. The highest BCUT2D eigenvalue weighted by Crippen LogP contribution is 2.26. The zero-order chi connectivity index (χ0) is 23.5. The van der Waals surface area contributed by atoms with Gasteiger partial charge in [-0.15, -0.1) is 0 Å². The molecule has 34 heavy (non-hydrogen) atoms. The van der Waals surface area contributed by atoms with Gasteiger partial charge in [-0.1, -0.05) is 24.6 Å². The Morgan fingerprint density at radius 2 is 1.82 bits per heavy atom. The molecule has 8 heteroatoms. The van der Waals surface area contributed by atoms with Crippen LogP contribution in [0.15, 0.2) is 35.3 Å². The number of benzene rings is 1. The normalized spacial score (nSPS) is 18.6. The monoisotopic (exact) mass is 464 g/mol. The van der Waals surface area contributed by atoms with E-state index >= 15 is 0 Å². The van der Waals surface area contributed by atoms with Gasteiger partial charge < -0.3 is 19.7 Å². The number of likely N-dealkylation sites (tertiary alicyclic amines) is 2. The summed E-state index contributed by atoms with van der Waals surface area (Å²) in [7, 11) is 1.64. The number of para-hydroxylation sites is 1. The molecule has 0 unspecified atom stereocenters. The first-order valence-corrected chi connectivity index (χ1v) is 12.8. The fourth-order valence-corrected chi connectivity index (χ4v) is 5.73. The molecule has 1 amide bonds. The zero-order valence-electron chi connectivity index (χ0n) is 20.2. The van der Waals surface area contributed by atoms with E-state index in [1.165, 1.54) is 49.9 Å². The number of nitrogens with zero attached hydrogens (tertiary/aromatic N) is 5. The smallest absolute Gasteiger partial charge is 0.291 e. The van der Waals surface area contributed by atoms with Crippen LogP contribution in [0.5, 0.6) is 0 Å².